The van der Waals surface area contributed by atoms with Gasteiger partial charge in [0.1, 0.15) is 11.6 Å². The van der Waals surface area contributed by atoms with Crippen LogP contribution in [-0.4, -0.2) is 42.4 Å². The number of nitrogens with one attached hydrogen (secondary N) is 2. The number of hydrogen-bond donors (Lipinski definition) is 3. The maximum atomic E-state index is 13.7. The van der Waals surface area contributed by atoms with E-state index in [1.54, 1.807) is 24.3 Å². The van der Waals surface area contributed by atoms with Crippen LogP contribution in [0.2, 0.25) is 0 Å². The van der Waals surface area contributed by atoms with Crippen LogP contribution in [-0.2, 0) is 11.3 Å². The van der Waals surface area contributed by atoms with E-state index in [4.69, 9.17) is 4.74 Å². The molecule has 2 aliphatic heterocycles. The lowest BCUT2D eigenvalue weighted by Gasteiger charge is -2.30. The molecular formula is C22H28FN3O2. The monoisotopic (exact) mass is 385 g/mol. The van der Waals surface area contributed by atoms with Crippen LogP contribution >= 0.6 is 0 Å². The van der Waals surface area contributed by atoms with Gasteiger partial charge in [-0.1, -0.05) is 24.3 Å². The predicted octanol–water partition coefficient (Wildman–Crippen LogP) is 2.98. The molecule has 0 saturated carbocycles. The fourth-order valence-corrected chi connectivity index (χ4v) is 4.25. The van der Waals surface area contributed by atoms with Crippen LogP contribution in [0.5, 0.6) is 5.75 Å². The third-order valence-electron chi connectivity index (χ3n) is 5.62. The Balaban J connectivity index is 1.47. The number of nitrogens with zero attached hydrogens (tertiary/aromatic N) is 1. The Hall–Kier alpha value is -1.99. The molecule has 0 amide bonds. The summed E-state index contributed by atoms with van der Waals surface area (Å²) >= 11 is 0. The van der Waals surface area contributed by atoms with Crippen LogP contribution in [0.1, 0.15) is 30.0 Å². The van der Waals surface area contributed by atoms with Crippen LogP contribution in [0.4, 0.5) is 4.39 Å². The Kier molecular flexibility index (Phi) is 6.22. The molecule has 5 nitrogen and oxygen atoms in total. The van der Waals surface area contributed by atoms with Crippen molar-refractivity contribution in [1.82, 2.24) is 15.8 Å². The minimum absolute atomic E-state index is 0.167. The number of aromatic hydroxyl groups is 1. The highest BCUT2D eigenvalue weighted by molar-refractivity contribution is 5.29. The molecule has 6 heteroatoms. The normalized spacial score (nSPS) is 24.9. The van der Waals surface area contributed by atoms with Crippen molar-refractivity contribution in [2.24, 2.45) is 5.92 Å². The van der Waals surface area contributed by atoms with Gasteiger partial charge >= 0.3 is 0 Å². The second-order valence-electron chi connectivity index (χ2n) is 7.81. The summed E-state index contributed by atoms with van der Waals surface area (Å²) in [5.74, 6) is 0.442. The first-order valence-corrected chi connectivity index (χ1v) is 10.0. The maximum absolute atomic E-state index is 13.7. The Morgan fingerprint density at radius 1 is 1.14 bits per heavy atom. The number of ether oxygens (including phenoxy) is 1. The average Bonchev–Trinajstić information content (AvgIpc) is 3.35. The van der Waals surface area contributed by atoms with Crippen LogP contribution in [0.3, 0.4) is 0 Å². The summed E-state index contributed by atoms with van der Waals surface area (Å²) in [6.07, 6.45) is 2.45. The van der Waals surface area contributed by atoms with Crippen molar-refractivity contribution in [2.45, 2.75) is 31.5 Å². The van der Waals surface area contributed by atoms with Gasteiger partial charge < -0.3 is 9.84 Å². The molecule has 0 aromatic heterocycles. The highest BCUT2D eigenvalue weighted by Gasteiger charge is 2.31. The largest absolute Gasteiger partial charge is 0.508 e. The Morgan fingerprint density at radius 2 is 2.00 bits per heavy atom. The molecule has 2 saturated heterocycles. The molecule has 3 atom stereocenters. The number of phenols is 1. The minimum atomic E-state index is -0.194. The van der Waals surface area contributed by atoms with E-state index in [1.807, 2.05) is 18.2 Å². The molecule has 3 N–H and O–H groups in total. The molecule has 2 fully saturated rings. The van der Waals surface area contributed by atoms with Gasteiger partial charge in [0.25, 0.3) is 0 Å². The molecule has 150 valence electrons. The van der Waals surface area contributed by atoms with Gasteiger partial charge in [0.2, 0.25) is 0 Å². The minimum Gasteiger partial charge on any atom is -0.508 e. The topological polar surface area (TPSA) is 56.8 Å². The highest BCUT2D eigenvalue weighted by Crippen LogP contribution is 2.28. The third-order valence-corrected chi connectivity index (χ3v) is 5.62. The van der Waals surface area contributed by atoms with E-state index >= 15 is 0 Å². The van der Waals surface area contributed by atoms with Gasteiger partial charge in [0.05, 0.1) is 12.1 Å². The lowest BCUT2D eigenvalue weighted by atomic mass is 9.94. The van der Waals surface area contributed by atoms with E-state index in [0.29, 0.717) is 12.5 Å². The summed E-state index contributed by atoms with van der Waals surface area (Å²) < 4.78 is 19.5. The molecule has 0 bridgehead atoms. The van der Waals surface area contributed by atoms with E-state index in [1.165, 1.54) is 6.07 Å². The molecule has 2 aromatic carbocycles. The van der Waals surface area contributed by atoms with E-state index in [-0.39, 0.29) is 23.7 Å². The first kappa shape index (κ1) is 19.3. The van der Waals surface area contributed by atoms with Gasteiger partial charge in [0, 0.05) is 38.7 Å². The fraction of sp³-hybridized carbons (Fsp3) is 0.455. The molecule has 4 rings (SSSR count). The summed E-state index contributed by atoms with van der Waals surface area (Å²) in [6, 6.07) is 14.4. The van der Waals surface area contributed by atoms with E-state index in [9.17, 15) is 9.50 Å². The smallest absolute Gasteiger partial charge is 0.123 e. The van der Waals surface area contributed by atoms with Gasteiger partial charge in [0.15, 0.2) is 0 Å². The van der Waals surface area contributed by atoms with Crippen molar-refractivity contribution in [3.63, 3.8) is 0 Å². The number of phenolic OH excluding ortho intramolecular Hbond substituents is 1. The molecule has 0 spiro atoms. The number of benzene rings is 2. The number of hydrogen-bond acceptors (Lipinski definition) is 5. The standard InChI is InChI=1S/C22H28FN3O2/c23-19-4-1-3-16(11-19)13-26(15-21-5-2-10-28-21)14-18-12-24-25-22(18)17-6-8-20(27)9-7-17/h1,3-4,6-9,11,18,21-22,24-25,27H,2,5,10,12-15H2. The number of rotatable bonds is 7. The lowest BCUT2D eigenvalue weighted by molar-refractivity contribution is 0.0643. The van der Waals surface area contributed by atoms with Gasteiger partial charge in [-0.25, -0.2) is 9.82 Å². The summed E-state index contributed by atoms with van der Waals surface area (Å²) in [6.45, 7) is 4.13. The van der Waals surface area contributed by atoms with Gasteiger partial charge in [-0.15, -0.1) is 0 Å². The van der Waals surface area contributed by atoms with Gasteiger partial charge in [-0.05, 0) is 48.2 Å². The van der Waals surface area contributed by atoms with Gasteiger partial charge in [-0.3, -0.25) is 10.3 Å². The average molecular weight is 385 g/mol. The summed E-state index contributed by atoms with van der Waals surface area (Å²) in [7, 11) is 0. The molecule has 0 aliphatic carbocycles. The van der Waals surface area contributed by atoms with Crippen molar-refractivity contribution in [3.8, 4) is 5.75 Å². The SMILES string of the molecule is Oc1ccc(C2NNCC2CN(Cc2cccc(F)c2)CC2CCCO2)cc1. The first-order chi connectivity index (χ1) is 13.7. The Morgan fingerprint density at radius 3 is 2.75 bits per heavy atom. The van der Waals surface area contributed by atoms with E-state index in [0.717, 1.165) is 50.2 Å². The summed E-state index contributed by atoms with van der Waals surface area (Å²) in [5, 5.41) is 9.57. The van der Waals surface area contributed by atoms with Crippen LogP contribution < -0.4 is 10.9 Å². The molecule has 3 unspecified atom stereocenters. The molecule has 0 radical (unpaired) electrons. The predicted molar refractivity (Wildman–Crippen MR) is 106 cm³/mol. The van der Waals surface area contributed by atoms with Crippen molar-refractivity contribution in [1.29, 1.82) is 0 Å². The molecule has 2 heterocycles. The van der Waals surface area contributed by atoms with Crippen LogP contribution in [0.25, 0.3) is 0 Å². The zero-order valence-electron chi connectivity index (χ0n) is 16.0. The zero-order valence-corrected chi connectivity index (χ0v) is 16.0. The number of halogens is 1. The van der Waals surface area contributed by atoms with Crippen molar-refractivity contribution < 1.29 is 14.2 Å². The number of hydrazine groups is 1. The summed E-state index contributed by atoms with van der Waals surface area (Å²) in [5.41, 5.74) is 8.78. The first-order valence-electron chi connectivity index (χ1n) is 10.0. The lowest BCUT2D eigenvalue weighted by Crippen LogP contribution is -2.37. The van der Waals surface area contributed by atoms with Crippen molar-refractivity contribution in [2.75, 3.05) is 26.2 Å². The third kappa shape index (κ3) is 4.89. The van der Waals surface area contributed by atoms with Crippen molar-refractivity contribution >= 4 is 0 Å². The quantitative estimate of drug-likeness (QED) is 0.684. The fourth-order valence-electron chi connectivity index (χ4n) is 4.25. The Labute approximate surface area is 165 Å². The van der Waals surface area contributed by atoms with E-state index in [2.05, 4.69) is 15.8 Å². The van der Waals surface area contributed by atoms with Crippen LogP contribution in [0.15, 0.2) is 48.5 Å². The van der Waals surface area contributed by atoms with E-state index < -0.39 is 0 Å². The second kappa shape index (κ2) is 9.01. The Bertz CT molecular complexity index is 765. The highest BCUT2D eigenvalue weighted by atomic mass is 19.1. The molecule has 2 aliphatic rings. The zero-order chi connectivity index (χ0) is 19.3. The molecule has 28 heavy (non-hydrogen) atoms. The molecular weight excluding hydrogens is 357 g/mol. The molecule has 2 aromatic rings. The second-order valence-corrected chi connectivity index (χ2v) is 7.81. The van der Waals surface area contributed by atoms with Gasteiger partial charge in [-0.2, -0.15) is 0 Å². The van der Waals surface area contributed by atoms with Crippen LogP contribution in [0, 0.1) is 11.7 Å². The van der Waals surface area contributed by atoms with Crippen molar-refractivity contribution in [3.05, 3.63) is 65.5 Å². The summed E-state index contributed by atoms with van der Waals surface area (Å²) in [4.78, 5) is 2.39. The maximum Gasteiger partial charge on any atom is 0.123 e.